The summed E-state index contributed by atoms with van der Waals surface area (Å²) in [7, 11) is 0. The van der Waals surface area contributed by atoms with Crippen LogP contribution in [0.4, 0.5) is 0 Å². The number of benzene rings is 1. The average Bonchev–Trinajstić information content (AvgIpc) is 2.91. The zero-order chi connectivity index (χ0) is 12.8. The van der Waals surface area contributed by atoms with Crippen molar-refractivity contribution >= 4 is 33.5 Å². The van der Waals surface area contributed by atoms with E-state index in [0.29, 0.717) is 11.6 Å². The largest absolute Gasteiger partial charge is 0.360 e. The Kier molecular flexibility index (Phi) is 2.55. The van der Waals surface area contributed by atoms with Gasteiger partial charge >= 0.3 is 0 Å². The Balaban J connectivity index is 0.00000133. The maximum Gasteiger partial charge on any atom is 0.219 e. The minimum atomic E-state index is 0. The summed E-state index contributed by atoms with van der Waals surface area (Å²) in [5.74, 6) is 0.0306. The number of aliphatic imine (C=N–C) groups is 1. The molecule has 0 amide bonds. The molecule has 4 heteroatoms. The van der Waals surface area contributed by atoms with Crippen molar-refractivity contribution in [2.45, 2.75) is 18.6 Å². The third-order valence-electron chi connectivity index (χ3n) is 3.00. The fourth-order valence-corrected chi connectivity index (χ4v) is 3.07. The van der Waals surface area contributed by atoms with Crippen LogP contribution in [0.5, 0.6) is 0 Å². The molecule has 0 spiro atoms. The maximum absolute atomic E-state index is 12.4. The lowest BCUT2D eigenvalue weighted by Crippen LogP contribution is -2.16. The number of thioether (sulfide) groups is 1. The van der Waals surface area contributed by atoms with E-state index < -0.39 is 0 Å². The number of fused-ring (bicyclic) bond motifs is 1. The Morgan fingerprint density at radius 1 is 1.44 bits per heavy atom. The Labute approximate surface area is 111 Å². The normalized spacial score (nSPS) is 18.0. The molecule has 1 aromatic heterocycles. The van der Waals surface area contributed by atoms with Crippen LogP contribution >= 0.6 is 11.8 Å². The standard InChI is InChI=1S/C14H14N2OS.H2/c1-14(2)8-16-13(18-14)12(17)10-7-15-11-6-4-3-5-9(10)11;/h3-7,15H,8H2,1-2H3;1H. The van der Waals surface area contributed by atoms with Gasteiger partial charge in [0.25, 0.3) is 0 Å². The van der Waals surface area contributed by atoms with Crippen LogP contribution in [0.25, 0.3) is 10.9 Å². The predicted molar refractivity (Wildman–Crippen MR) is 78.7 cm³/mol. The number of para-hydroxylation sites is 1. The van der Waals surface area contributed by atoms with Crippen molar-refractivity contribution in [3.8, 4) is 0 Å². The van der Waals surface area contributed by atoms with E-state index in [9.17, 15) is 4.79 Å². The highest BCUT2D eigenvalue weighted by atomic mass is 32.2. The minimum absolute atomic E-state index is 0. The van der Waals surface area contributed by atoms with Crippen molar-refractivity contribution in [3.63, 3.8) is 0 Å². The topological polar surface area (TPSA) is 45.2 Å². The van der Waals surface area contributed by atoms with E-state index >= 15 is 0 Å². The Morgan fingerprint density at radius 3 is 2.94 bits per heavy atom. The molecular formula is C14H16N2OS. The summed E-state index contributed by atoms with van der Waals surface area (Å²) in [6, 6.07) is 7.84. The maximum atomic E-state index is 12.4. The second-order valence-electron chi connectivity index (χ2n) is 5.06. The summed E-state index contributed by atoms with van der Waals surface area (Å²) in [4.78, 5) is 19.9. The number of aromatic nitrogens is 1. The number of carbonyl (C=O) groups is 1. The first-order valence-corrected chi connectivity index (χ1v) is 6.73. The number of ketones is 1. The number of rotatable bonds is 2. The molecule has 1 N–H and O–H groups in total. The lowest BCUT2D eigenvalue weighted by molar-refractivity contribution is 0.107. The zero-order valence-electron chi connectivity index (χ0n) is 10.4. The van der Waals surface area contributed by atoms with Crippen molar-refractivity contribution in [1.82, 2.24) is 4.98 Å². The molecule has 0 aliphatic carbocycles. The lowest BCUT2D eigenvalue weighted by Gasteiger charge is -2.13. The third kappa shape index (κ3) is 1.86. The van der Waals surface area contributed by atoms with Gasteiger partial charge in [-0.2, -0.15) is 0 Å². The summed E-state index contributed by atoms with van der Waals surface area (Å²) < 4.78 is 0.0388. The van der Waals surface area contributed by atoms with Crippen LogP contribution in [0, 0.1) is 0 Å². The first-order chi connectivity index (χ1) is 8.57. The van der Waals surface area contributed by atoms with E-state index in [0.717, 1.165) is 16.5 Å². The van der Waals surface area contributed by atoms with Gasteiger partial charge in [0.15, 0.2) is 0 Å². The number of hydrogen-bond acceptors (Lipinski definition) is 3. The lowest BCUT2D eigenvalue weighted by atomic mass is 10.1. The number of nitrogens with zero attached hydrogens (tertiary/aromatic N) is 1. The molecule has 3 rings (SSSR count). The van der Waals surface area contributed by atoms with Crippen molar-refractivity contribution in [1.29, 1.82) is 0 Å². The van der Waals surface area contributed by atoms with Gasteiger partial charge in [-0.15, -0.1) is 0 Å². The van der Waals surface area contributed by atoms with Crippen LogP contribution in [0.1, 0.15) is 25.6 Å². The number of aromatic amines is 1. The molecule has 3 nitrogen and oxygen atoms in total. The van der Waals surface area contributed by atoms with Crippen molar-refractivity contribution < 1.29 is 6.22 Å². The van der Waals surface area contributed by atoms with Crippen molar-refractivity contribution in [2.75, 3.05) is 6.54 Å². The predicted octanol–water partition coefficient (Wildman–Crippen LogP) is 3.52. The fraction of sp³-hybridized carbons (Fsp3) is 0.286. The SMILES string of the molecule is CC1(C)CN=C(C(=O)c2c[nH]c3ccccc23)S1.[HH]. The summed E-state index contributed by atoms with van der Waals surface area (Å²) in [5, 5.41) is 1.60. The highest BCUT2D eigenvalue weighted by Crippen LogP contribution is 2.34. The molecule has 0 saturated heterocycles. The minimum Gasteiger partial charge on any atom is -0.360 e. The molecule has 1 aliphatic rings. The number of nitrogens with one attached hydrogen (secondary N) is 1. The van der Waals surface area contributed by atoms with E-state index in [1.165, 1.54) is 0 Å². The van der Waals surface area contributed by atoms with Gasteiger partial charge in [-0.05, 0) is 19.9 Å². The van der Waals surface area contributed by atoms with Gasteiger partial charge in [-0.25, -0.2) is 0 Å². The van der Waals surface area contributed by atoms with Gasteiger partial charge < -0.3 is 4.98 Å². The van der Waals surface area contributed by atoms with Crippen LogP contribution < -0.4 is 0 Å². The van der Waals surface area contributed by atoms with Gasteiger partial charge in [-0.1, -0.05) is 30.0 Å². The first kappa shape index (κ1) is 11.5. The van der Waals surface area contributed by atoms with Gasteiger partial charge in [-0.3, -0.25) is 9.79 Å². The monoisotopic (exact) mass is 260 g/mol. The highest BCUT2D eigenvalue weighted by molar-refractivity contribution is 8.17. The summed E-state index contributed by atoms with van der Waals surface area (Å²) in [6.45, 7) is 4.93. The molecule has 94 valence electrons. The Hall–Kier alpha value is -1.55. The fourth-order valence-electron chi connectivity index (χ4n) is 2.08. The van der Waals surface area contributed by atoms with Crippen LogP contribution in [-0.2, 0) is 0 Å². The quantitative estimate of drug-likeness (QED) is 0.840. The van der Waals surface area contributed by atoms with Crippen LogP contribution in [0.2, 0.25) is 0 Å². The van der Waals surface area contributed by atoms with E-state index in [1.54, 1.807) is 18.0 Å². The first-order valence-electron chi connectivity index (χ1n) is 5.91. The highest BCUT2D eigenvalue weighted by Gasteiger charge is 2.31. The van der Waals surface area contributed by atoms with Gasteiger partial charge in [0.05, 0.1) is 12.1 Å². The second kappa shape index (κ2) is 3.99. The molecule has 0 fully saturated rings. The molecule has 2 aromatic rings. The van der Waals surface area contributed by atoms with Crippen molar-refractivity contribution in [2.24, 2.45) is 4.99 Å². The number of hydrogen-bond donors (Lipinski definition) is 1. The Morgan fingerprint density at radius 2 is 2.22 bits per heavy atom. The van der Waals surface area contributed by atoms with Crippen LogP contribution in [0.15, 0.2) is 35.5 Å². The summed E-state index contributed by atoms with van der Waals surface area (Å²) in [5.41, 5.74) is 1.71. The van der Waals surface area contributed by atoms with E-state index in [-0.39, 0.29) is 12.0 Å². The molecule has 0 radical (unpaired) electrons. The average molecular weight is 260 g/mol. The van der Waals surface area contributed by atoms with E-state index in [4.69, 9.17) is 0 Å². The number of carbonyl (C=O) groups excluding carboxylic acids is 1. The molecule has 0 atom stereocenters. The molecule has 0 bridgehead atoms. The van der Waals surface area contributed by atoms with Gasteiger partial charge in [0.1, 0.15) is 5.04 Å². The third-order valence-corrected chi connectivity index (χ3v) is 4.19. The Bertz CT molecular complexity index is 660. The molecule has 18 heavy (non-hydrogen) atoms. The molecule has 0 unspecified atom stereocenters. The molecular weight excluding hydrogens is 244 g/mol. The number of Topliss-reactive ketones (excluding diaryl/α,β-unsaturated/α-hetero) is 1. The smallest absolute Gasteiger partial charge is 0.219 e. The van der Waals surface area contributed by atoms with E-state index in [2.05, 4.69) is 23.8 Å². The zero-order valence-corrected chi connectivity index (χ0v) is 11.2. The molecule has 0 saturated carbocycles. The summed E-state index contributed by atoms with van der Waals surface area (Å²) >= 11 is 1.57. The number of H-pyrrole nitrogens is 1. The molecule has 1 aliphatic heterocycles. The second-order valence-corrected chi connectivity index (χ2v) is 6.76. The van der Waals surface area contributed by atoms with Crippen molar-refractivity contribution in [3.05, 3.63) is 36.0 Å². The molecule has 1 aromatic carbocycles. The van der Waals surface area contributed by atoms with Crippen LogP contribution in [-0.4, -0.2) is 27.1 Å². The van der Waals surface area contributed by atoms with Crippen LogP contribution in [0.3, 0.4) is 0 Å². The van der Waals surface area contributed by atoms with Gasteiger partial charge in [0.2, 0.25) is 5.78 Å². The molecule has 2 heterocycles. The van der Waals surface area contributed by atoms with E-state index in [1.807, 2.05) is 24.3 Å². The van der Waals surface area contributed by atoms with Gasteiger partial charge in [0, 0.05) is 23.3 Å². The summed E-state index contributed by atoms with van der Waals surface area (Å²) in [6.07, 6.45) is 1.78.